The number of rotatable bonds is 7. The molecule has 0 atom stereocenters. The van der Waals surface area contributed by atoms with Gasteiger partial charge in [0.05, 0.1) is 12.8 Å². The fourth-order valence-corrected chi connectivity index (χ4v) is 3.73. The fourth-order valence-electron chi connectivity index (χ4n) is 3.73. The molecule has 2 aromatic rings. The van der Waals surface area contributed by atoms with E-state index in [4.69, 9.17) is 14.0 Å². The zero-order valence-electron chi connectivity index (χ0n) is 16.3. The van der Waals surface area contributed by atoms with E-state index in [-0.39, 0.29) is 11.3 Å². The Kier molecular flexibility index (Phi) is 6.16. The molecule has 0 unspecified atom stereocenters. The lowest BCUT2D eigenvalue weighted by Gasteiger charge is -2.38. The molecule has 0 saturated carbocycles. The highest BCUT2D eigenvalue weighted by Gasteiger charge is 2.34. The molecule has 3 rings (SSSR count). The van der Waals surface area contributed by atoms with Crippen LogP contribution in [0.4, 0.5) is 0 Å². The van der Waals surface area contributed by atoms with Gasteiger partial charge in [-0.1, -0.05) is 17.3 Å². The molecule has 0 spiro atoms. The van der Waals surface area contributed by atoms with E-state index in [1.807, 2.05) is 26.0 Å². The lowest BCUT2D eigenvalue weighted by Crippen LogP contribution is -2.44. The van der Waals surface area contributed by atoms with E-state index in [0.717, 1.165) is 35.6 Å². The molecule has 1 aliphatic rings. The standard InChI is InChI=1S/C21H28N2O4/c1-15-19(16(2)27-23-15)8-9-20(24)22-14-21(10-12-26-13-11-21)17-4-6-18(25-3)7-5-17/h4-7H,8-14H2,1-3H3,(H,22,24). The summed E-state index contributed by atoms with van der Waals surface area (Å²) in [5.41, 5.74) is 3.02. The smallest absolute Gasteiger partial charge is 0.220 e. The highest BCUT2D eigenvalue weighted by atomic mass is 16.5. The highest BCUT2D eigenvalue weighted by molar-refractivity contribution is 5.76. The molecule has 27 heavy (non-hydrogen) atoms. The first-order valence-corrected chi connectivity index (χ1v) is 9.45. The summed E-state index contributed by atoms with van der Waals surface area (Å²) in [7, 11) is 1.67. The molecule has 0 radical (unpaired) electrons. The second-order valence-electron chi connectivity index (χ2n) is 7.20. The first-order valence-electron chi connectivity index (χ1n) is 9.45. The van der Waals surface area contributed by atoms with Gasteiger partial charge in [0.25, 0.3) is 0 Å². The van der Waals surface area contributed by atoms with Crippen LogP contribution in [0.3, 0.4) is 0 Å². The van der Waals surface area contributed by atoms with E-state index in [0.29, 0.717) is 32.6 Å². The number of carbonyl (C=O) groups is 1. The van der Waals surface area contributed by atoms with Gasteiger partial charge in [-0.05, 0) is 50.8 Å². The minimum atomic E-state index is -0.0940. The van der Waals surface area contributed by atoms with Crippen molar-refractivity contribution in [2.75, 3.05) is 26.9 Å². The van der Waals surface area contributed by atoms with Crippen LogP contribution in [-0.2, 0) is 21.4 Å². The number of amides is 1. The van der Waals surface area contributed by atoms with E-state index in [9.17, 15) is 4.79 Å². The van der Waals surface area contributed by atoms with Gasteiger partial charge >= 0.3 is 0 Å². The molecular weight excluding hydrogens is 344 g/mol. The van der Waals surface area contributed by atoms with Gasteiger partial charge in [0.15, 0.2) is 0 Å². The molecule has 1 fully saturated rings. The largest absolute Gasteiger partial charge is 0.497 e. The Labute approximate surface area is 160 Å². The summed E-state index contributed by atoms with van der Waals surface area (Å²) in [5, 5.41) is 7.09. The summed E-state index contributed by atoms with van der Waals surface area (Å²) in [6, 6.07) is 8.15. The molecular formula is C21H28N2O4. The Morgan fingerprint density at radius 1 is 1.22 bits per heavy atom. The topological polar surface area (TPSA) is 73.6 Å². The van der Waals surface area contributed by atoms with Crippen molar-refractivity contribution in [2.24, 2.45) is 0 Å². The molecule has 1 aromatic carbocycles. The molecule has 1 aromatic heterocycles. The maximum Gasteiger partial charge on any atom is 0.220 e. The van der Waals surface area contributed by atoms with Crippen LogP contribution in [-0.4, -0.2) is 37.9 Å². The van der Waals surface area contributed by atoms with E-state index in [1.165, 1.54) is 5.56 Å². The third kappa shape index (κ3) is 4.50. The number of hydrogen-bond acceptors (Lipinski definition) is 5. The predicted octanol–water partition coefficient (Wildman–Crippen LogP) is 3.10. The number of methoxy groups -OCH3 is 1. The van der Waals surface area contributed by atoms with Crippen LogP contribution < -0.4 is 10.1 Å². The molecule has 0 bridgehead atoms. The van der Waals surface area contributed by atoms with Crippen molar-refractivity contribution >= 4 is 5.91 Å². The second kappa shape index (κ2) is 8.57. The number of aryl methyl sites for hydroxylation is 2. The highest BCUT2D eigenvalue weighted by Crippen LogP contribution is 2.35. The van der Waals surface area contributed by atoms with E-state index < -0.39 is 0 Å². The van der Waals surface area contributed by atoms with Crippen LogP contribution >= 0.6 is 0 Å². The molecule has 6 heteroatoms. The Balaban J connectivity index is 1.63. The van der Waals surface area contributed by atoms with E-state index in [1.54, 1.807) is 7.11 Å². The van der Waals surface area contributed by atoms with Crippen LogP contribution in [0.15, 0.2) is 28.8 Å². The van der Waals surface area contributed by atoms with Crippen LogP contribution in [0.2, 0.25) is 0 Å². The molecule has 1 saturated heterocycles. The molecule has 0 aliphatic carbocycles. The van der Waals surface area contributed by atoms with Crippen molar-refractivity contribution < 1.29 is 18.8 Å². The first kappa shape index (κ1) is 19.4. The van der Waals surface area contributed by atoms with Crippen molar-refractivity contribution in [3.63, 3.8) is 0 Å². The second-order valence-corrected chi connectivity index (χ2v) is 7.20. The summed E-state index contributed by atoms with van der Waals surface area (Å²) in [6.07, 6.45) is 2.86. The number of carbonyl (C=O) groups excluding carboxylic acids is 1. The third-order valence-corrected chi connectivity index (χ3v) is 5.56. The maximum absolute atomic E-state index is 12.5. The van der Waals surface area contributed by atoms with Crippen LogP contribution in [0.25, 0.3) is 0 Å². The molecule has 146 valence electrons. The predicted molar refractivity (Wildman–Crippen MR) is 102 cm³/mol. The lowest BCUT2D eigenvalue weighted by atomic mass is 9.74. The fraction of sp³-hybridized carbons (Fsp3) is 0.524. The molecule has 2 heterocycles. The number of nitrogens with zero attached hydrogens (tertiary/aromatic N) is 1. The van der Waals surface area contributed by atoms with Gasteiger partial charge in [-0.25, -0.2) is 0 Å². The quantitative estimate of drug-likeness (QED) is 0.808. The number of aromatic nitrogens is 1. The Morgan fingerprint density at radius 2 is 1.93 bits per heavy atom. The summed E-state index contributed by atoms with van der Waals surface area (Å²) >= 11 is 0. The van der Waals surface area contributed by atoms with Crippen molar-refractivity contribution in [2.45, 2.75) is 44.9 Å². The van der Waals surface area contributed by atoms with Gasteiger partial charge in [0, 0.05) is 37.2 Å². The average Bonchev–Trinajstić information content (AvgIpc) is 3.03. The third-order valence-electron chi connectivity index (χ3n) is 5.56. The van der Waals surface area contributed by atoms with E-state index in [2.05, 4.69) is 22.6 Å². The van der Waals surface area contributed by atoms with Gasteiger partial charge in [-0.2, -0.15) is 0 Å². The molecule has 1 N–H and O–H groups in total. The Bertz CT molecular complexity index is 741. The van der Waals surface area contributed by atoms with Crippen molar-refractivity contribution in [1.82, 2.24) is 10.5 Å². The van der Waals surface area contributed by atoms with E-state index >= 15 is 0 Å². The van der Waals surface area contributed by atoms with Crippen molar-refractivity contribution in [1.29, 1.82) is 0 Å². The van der Waals surface area contributed by atoms with Crippen LogP contribution in [0.5, 0.6) is 5.75 Å². The minimum Gasteiger partial charge on any atom is -0.497 e. The van der Waals surface area contributed by atoms with Gasteiger partial charge in [0.1, 0.15) is 11.5 Å². The van der Waals surface area contributed by atoms with Gasteiger partial charge in [0.2, 0.25) is 5.91 Å². The number of hydrogen-bond donors (Lipinski definition) is 1. The van der Waals surface area contributed by atoms with Crippen molar-refractivity contribution in [3.05, 3.63) is 46.8 Å². The number of nitrogens with one attached hydrogen (secondary N) is 1. The Hall–Kier alpha value is -2.34. The first-order chi connectivity index (χ1) is 13.0. The zero-order valence-corrected chi connectivity index (χ0v) is 16.3. The van der Waals surface area contributed by atoms with Gasteiger partial charge < -0.3 is 19.3 Å². The van der Waals surface area contributed by atoms with Crippen molar-refractivity contribution in [3.8, 4) is 5.75 Å². The monoisotopic (exact) mass is 372 g/mol. The molecule has 6 nitrogen and oxygen atoms in total. The molecule has 1 aliphatic heterocycles. The normalized spacial score (nSPS) is 16.1. The van der Waals surface area contributed by atoms with Crippen LogP contribution in [0, 0.1) is 13.8 Å². The van der Waals surface area contributed by atoms with Gasteiger partial charge in [-0.15, -0.1) is 0 Å². The lowest BCUT2D eigenvalue weighted by molar-refractivity contribution is -0.121. The Morgan fingerprint density at radius 3 is 2.52 bits per heavy atom. The summed E-state index contributed by atoms with van der Waals surface area (Å²) in [6.45, 7) is 5.82. The minimum absolute atomic E-state index is 0.0504. The zero-order chi connectivity index (χ0) is 19.3. The maximum atomic E-state index is 12.5. The number of benzene rings is 1. The summed E-state index contributed by atoms with van der Waals surface area (Å²) < 4.78 is 16.0. The summed E-state index contributed by atoms with van der Waals surface area (Å²) in [5.74, 6) is 1.68. The summed E-state index contributed by atoms with van der Waals surface area (Å²) in [4.78, 5) is 12.5. The molecule has 1 amide bonds. The number of ether oxygens (including phenoxy) is 2. The van der Waals surface area contributed by atoms with Gasteiger partial charge in [-0.3, -0.25) is 4.79 Å². The van der Waals surface area contributed by atoms with Crippen LogP contribution in [0.1, 0.15) is 41.8 Å². The average molecular weight is 372 g/mol. The SMILES string of the molecule is COc1ccc(C2(CNC(=O)CCc3c(C)noc3C)CCOCC2)cc1.